The molecule has 0 unspecified atom stereocenters. The van der Waals surface area contributed by atoms with Crippen molar-refractivity contribution in [1.82, 2.24) is 16.0 Å². The van der Waals surface area contributed by atoms with Gasteiger partial charge in [0.2, 0.25) is 0 Å². The highest BCUT2D eigenvalue weighted by molar-refractivity contribution is 5.83. The number of anilines is 3. The molecule has 0 spiro atoms. The average molecular weight is 309 g/mol. The Balaban J connectivity index is 1.95. The third-order valence-electron chi connectivity index (χ3n) is 4.12. The van der Waals surface area contributed by atoms with E-state index in [1.165, 1.54) is 0 Å². The maximum Gasteiger partial charge on any atom is 0.165 e. The molecule has 3 rings (SSSR count). The lowest BCUT2D eigenvalue weighted by Gasteiger charge is -2.37. The molecule has 1 aliphatic rings. The first-order valence-corrected chi connectivity index (χ1v) is 7.73. The molecule has 23 heavy (non-hydrogen) atoms. The molecule has 0 amide bonds. The summed E-state index contributed by atoms with van der Waals surface area (Å²) in [6.45, 7) is 0. The summed E-state index contributed by atoms with van der Waals surface area (Å²) < 4.78 is 0. The fourth-order valence-corrected chi connectivity index (χ4v) is 2.79. The van der Waals surface area contributed by atoms with Crippen LogP contribution in [0, 0.1) is 0 Å². The van der Waals surface area contributed by atoms with Gasteiger partial charge in [-0.2, -0.15) is 0 Å². The quantitative estimate of drug-likeness (QED) is 0.550. The van der Waals surface area contributed by atoms with E-state index < -0.39 is 5.79 Å². The Morgan fingerprint density at radius 3 is 2.26 bits per heavy atom. The van der Waals surface area contributed by atoms with Crippen molar-refractivity contribution in [1.29, 1.82) is 0 Å². The van der Waals surface area contributed by atoms with E-state index in [-0.39, 0.29) is 0 Å². The zero-order valence-corrected chi connectivity index (χ0v) is 13.7. The molecule has 2 aromatic carbocycles. The van der Waals surface area contributed by atoms with Crippen LogP contribution in [0.1, 0.15) is 5.56 Å². The molecule has 0 fully saturated rings. The van der Waals surface area contributed by atoms with Crippen molar-refractivity contribution < 1.29 is 0 Å². The first-order chi connectivity index (χ1) is 11.2. The van der Waals surface area contributed by atoms with Crippen molar-refractivity contribution in [3.63, 3.8) is 0 Å². The SMILES string of the molecule is CNC1=CC(NC)(NC)Nc2ccc(Nc3ccccc3)cc21. The summed E-state index contributed by atoms with van der Waals surface area (Å²) in [7, 11) is 5.78. The van der Waals surface area contributed by atoms with Gasteiger partial charge in [0.1, 0.15) is 0 Å². The molecule has 0 saturated carbocycles. The first kappa shape index (κ1) is 15.4. The van der Waals surface area contributed by atoms with Gasteiger partial charge in [-0.05, 0) is 50.5 Å². The van der Waals surface area contributed by atoms with E-state index in [9.17, 15) is 0 Å². The maximum absolute atomic E-state index is 3.50. The minimum Gasteiger partial charge on any atom is -0.388 e. The van der Waals surface area contributed by atoms with Gasteiger partial charge in [-0.25, -0.2) is 0 Å². The van der Waals surface area contributed by atoms with Crippen LogP contribution in [0.5, 0.6) is 0 Å². The number of rotatable bonds is 5. The second kappa shape index (κ2) is 6.32. The summed E-state index contributed by atoms with van der Waals surface area (Å²) in [6, 6.07) is 16.5. The van der Waals surface area contributed by atoms with Gasteiger partial charge in [-0.15, -0.1) is 0 Å². The van der Waals surface area contributed by atoms with Crippen molar-refractivity contribution in [3.8, 4) is 0 Å². The first-order valence-electron chi connectivity index (χ1n) is 7.73. The Morgan fingerprint density at radius 2 is 1.61 bits per heavy atom. The predicted octanol–water partition coefficient (Wildman–Crippen LogP) is 2.51. The van der Waals surface area contributed by atoms with Crippen molar-refractivity contribution in [3.05, 3.63) is 60.2 Å². The Labute approximate surface area is 137 Å². The fraction of sp³-hybridized carbons (Fsp3) is 0.222. The molecule has 5 N–H and O–H groups in total. The largest absolute Gasteiger partial charge is 0.388 e. The summed E-state index contributed by atoms with van der Waals surface area (Å²) in [5.41, 5.74) is 5.40. The number of hydrogen-bond donors (Lipinski definition) is 5. The molecular weight excluding hydrogens is 286 g/mol. The zero-order chi connectivity index (χ0) is 16.3. The number of likely N-dealkylation sites (N-methyl/N-ethyl adjacent to an activating group) is 2. The molecule has 1 aliphatic heterocycles. The molecule has 120 valence electrons. The van der Waals surface area contributed by atoms with Crippen LogP contribution in [0.3, 0.4) is 0 Å². The Kier molecular flexibility index (Phi) is 4.23. The second-order valence-corrected chi connectivity index (χ2v) is 5.49. The van der Waals surface area contributed by atoms with E-state index in [1.54, 1.807) is 0 Å². The summed E-state index contributed by atoms with van der Waals surface area (Å²) in [5.74, 6) is -0.459. The number of fused-ring (bicyclic) bond motifs is 1. The zero-order valence-electron chi connectivity index (χ0n) is 13.7. The van der Waals surface area contributed by atoms with E-state index in [0.717, 1.165) is 28.3 Å². The molecule has 0 saturated heterocycles. The van der Waals surface area contributed by atoms with Crippen molar-refractivity contribution >= 4 is 22.8 Å². The lowest BCUT2D eigenvalue weighted by molar-refractivity contribution is 0.424. The Morgan fingerprint density at radius 1 is 0.870 bits per heavy atom. The summed E-state index contributed by atoms with van der Waals surface area (Å²) in [6.07, 6.45) is 2.11. The van der Waals surface area contributed by atoms with Crippen molar-refractivity contribution in [2.45, 2.75) is 5.79 Å². The molecule has 5 nitrogen and oxygen atoms in total. The topological polar surface area (TPSA) is 60.1 Å². The minimum absolute atomic E-state index is 0.459. The van der Waals surface area contributed by atoms with Crippen LogP contribution < -0.4 is 26.6 Å². The number of nitrogens with one attached hydrogen (secondary N) is 5. The molecule has 2 aromatic rings. The third-order valence-corrected chi connectivity index (χ3v) is 4.12. The number of para-hydroxylation sites is 1. The van der Waals surface area contributed by atoms with Crippen LogP contribution in [-0.2, 0) is 0 Å². The molecule has 0 aliphatic carbocycles. The van der Waals surface area contributed by atoms with Gasteiger partial charge < -0.3 is 16.0 Å². The van der Waals surface area contributed by atoms with Gasteiger partial charge >= 0.3 is 0 Å². The van der Waals surface area contributed by atoms with Gasteiger partial charge in [-0.1, -0.05) is 18.2 Å². The highest BCUT2D eigenvalue weighted by Gasteiger charge is 2.29. The standard InChI is InChI=1S/C18H23N5/c1-19-17-12-18(20-2,21-3)23-16-10-9-14(11-15(16)17)22-13-7-5-4-6-8-13/h4-12,19-23H,1-3H3. The van der Waals surface area contributed by atoms with E-state index >= 15 is 0 Å². The molecule has 0 aromatic heterocycles. The maximum atomic E-state index is 3.50. The van der Waals surface area contributed by atoms with Gasteiger partial charge in [0.25, 0.3) is 0 Å². The molecule has 0 bridgehead atoms. The lowest BCUT2D eigenvalue weighted by atomic mass is 10.0. The van der Waals surface area contributed by atoms with Crippen LogP contribution in [0.25, 0.3) is 5.70 Å². The normalized spacial score (nSPS) is 15.2. The van der Waals surface area contributed by atoms with Crippen LogP contribution >= 0.6 is 0 Å². The summed E-state index contributed by atoms with van der Waals surface area (Å²) in [5, 5.41) is 16.8. The fourth-order valence-electron chi connectivity index (χ4n) is 2.79. The highest BCUT2D eigenvalue weighted by Crippen LogP contribution is 2.33. The van der Waals surface area contributed by atoms with Crippen molar-refractivity contribution in [2.24, 2.45) is 0 Å². The summed E-state index contributed by atoms with van der Waals surface area (Å²) >= 11 is 0. The monoisotopic (exact) mass is 309 g/mol. The van der Waals surface area contributed by atoms with Gasteiger partial charge in [0.05, 0.1) is 0 Å². The lowest BCUT2D eigenvalue weighted by Crippen LogP contribution is -2.60. The van der Waals surface area contributed by atoms with Gasteiger partial charge in [0.15, 0.2) is 5.79 Å². The van der Waals surface area contributed by atoms with Crippen LogP contribution in [0.4, 0.5) is 17.1 Å². The second-order valence-electron chi connectivity index (χ2n) is 5.49. The highest BCUT2D eigenvalue weighted by atomic mass is 15.3. The molecular formula is C18H23N5. The molecule has 0 atom stereocenters. The van der Waals surface area contributed by atoms with Crippen molar-refractivity contribution in [2.75, 3.05) is 31.8 Å². The Bertz CT molecular complexity index is 705. The molecule has 1 heterocycles. The van der Waals surface area contributed by atoms with Crippen LogP contribution in [0.15, 0.2) is 54.6 Å². The number of benzene rings is 2. The third kappa shape index (κ3) is 3.02. The van der Waals surface area contributed by atoms with Crippen LogP contribution in [-0.4, -0.2) is 26.9 Å². The number of hydrogen-bond acceptors (Lipinski definition) is 5. The summed E-state index contributed by atoms with van der Waals surface area (Å²) in [4.78, 5) is 0. The van der Waals surface area contributed by atoms with E-state index in [0.29, 0.717) is 0 Å². The van der Waals surface area contributed by atoms with Crippen LogP contribution in [0.2, 0.25) is 0 Å². The molecule has 0 radical (unpaired) electrons. The predicted molar refractivity (Wildman–Crippen MR) is 97.7 cm³/mol. The van der Waals surface area contributed by atoms with E-state index in [4.69, 9.17) is 0 Å². The average Bonchev–Trinajstić information content (AvgIpc) is 2.61. The van der Waals surface area contributed by atoms with Gasteiger partial charge in [0, 0.05) is 35.4 Å². The van der Waals surface area contributed by atoms with E-state index in [1.807, 2.05) is 39.3 Å². The van der Waals surface area contributed by atoms with E-state index in [2.05, 4.69) is 63.0 Å². The molecule has 5 heteroatoms. The smallest absolute Gasteiger partial charge is 0.165 e. The van der Waals surface area contributed by atoms with Gasteiger partial charge in [-0.3, -0.25) is 10.6 Å². The minimum atomic E-state index is -0.459. The Hall–Kier alpha value is -2.50.